The van der Waals surface area contributed by atoms with Crippen molar-refractivity contribution in [2.24, 2.45) is 7.05 Å². The smallest absolute Gasteiger partial charge is 0.368 e. The lowest BCUT2D eigenvalue weighted by atomic mass is 10.0. The van der Waals surface area contributed by atoms with Gasteiger partial charge in [-0.25, -0.2) is 9.78 Å². The summed E-state index contributed by atoms with van der Waals surface area (Å²) in [5.74, 6) is 0.523. The number of ether oxygens (including phenoxy) is 1. The third-order valence-corrected chi connectivity index (χ3v) is 5.47. The average Bonchev–Trinajstić information content (AvgIpc) is 3.13. The van der Waals surface area contributed by atoms with Gasteiger partial charge in [0, 0.05) is 24.4 Å². The van der Waals surface area contributed by atoms with E-state index in [9.17, 15) is 4.79 Å². The molecule has 160 valence electrons. The van der Waals surface area contributed by atoms with E-state index >= 15 is 0 Å². The van der Waals surface area contributed by atoms with Crippen molar-refractivity contribution in [3.05, 3.63) is 86.6 Å². The normalized spacial score (nSPS) is 10.7. The van der Waals surface area contributed by atoms with Crippen LogP contribution < -0.4 is 10.4 Å². The first-order chi connectivity index (χ1) is 15.4. The van der Waals surface area contributed by atoms with E-state index in [4.69, 9.17) is 21.6 Å². The van der Waals surface area contributed by atoms with Gasteiger partial charge in [0.1, 0.15) is 24.1 Å². The first-order valence-corrected chi connectivity index (χ1v) is 10.1. The molecule has 0 radical (unpaired) electrons. The fraction of sp³-hybridized carbons (Fsp3) is 0.174. The lowest BCUT2D eigenvalue weighted by molar-refractivity contribution is 0.305. The summed E-state index contributed by atoms with van der Waals surface area (Å²) >= 11 is 6.52. The maximum absolute atomic E-state index is 12.3. The van der Waals surface area contributed by atoms with E-state index < -0.39 is 0 Å². The van der Waals surface area contributed by atoms with Crippen LogP contribution in [0.5, 0.6) is 5.75 Å². The zero-order valence-electron chi connectivity index (χ0n) is 17.7. The number of hydrogen-bond donors (Lipinski definition) is 0. The van der Waals surface area contributed by atoms with Crippen molar-refractivity contribution in [2.75, 3.05) is 0 Å². The van der Waals surface area contributed by atoms with Crippen molar-refractivity contribution in [2.45, 2.75) is 20.5 Å². The number of nitriles is 1. The predicted molar refractivity (Wildman–Crippen MR) is 120 cm³/mol. The van der Waals surface area contributed by atoms with Crippen molar-refractivity contribution in [3.63, 3.8) is 0 Å². The number of benzene rings is 2. The summed E-state index contributed by atoms with van der Waals surface area (Å²) in [6.07, 6.45) is 1.65. The van der Waals surface area contributed by atoms with Gasteiger partial charge < -0.3 is 4.74 Å². The van der Waals surface area contributed by atoms with Crippen LogP contribution in [0.4, 0.5) is 0 Å². The summed E-state index contributed by atoms with van der Waals surface area (Å²) in [5.41, 5.74) is 5.10. The molecule has 4 rings (SSSR count). The molecule has 0 saturated heterocycles. The highest BCUT2D eigenvalue weighted by molar-refractivity contribution is 6.32. The SMILES string of the molecule is Cc1cc(OCc2c(C)cccc2-n2nnn(C)c2=O)c(Cl)cc1-c1ccc(C#N)nc1. The fourth-order valence-electron chi connectivity index (χ4n) is 3.38. The van der Waals surface area contributed by atoms with E-state index in [1.165, 1.54) is 9.36 Å². The predicted octanol–water partition coefficient (Wildman–Crippen LogP) is 3.75. The number of aromatic nitrogens is 5. The Morgan fingerprint density at radius 2 is 1.94 bits per heavy atom. The van der Waals surface area contributed by atoms with Gasteiger partial charge in [-0.3, -0.25) is 0 Å². The van der Waals surface area contributed by atoms with Gasteiger partial charge in [0.05, 0.1) is 10.7 Å². The second kappa shape index (κ2) is 8.65. The molecule has 2 heterocycles. The summed E-state index contributed by atoms with van der Waals surface area (Å²) < 4.78 is 8.48. The number of tetrazole rings is 1. The van der Waals surface area contributed by atoms with Crippen LogP contribution in [-0.2, 0) is 13.7 Å². The maximum Gasteiger partial charge on any atom is 0.368 e. The Bertz CT molecular complexity index is 1400. The third-order valence-electron chi connectivity index (χ3n) is 5.18. The highest BCUT2D eigenvalue weighted by Crippen LogP contribution is 2.34. The molecule has 8 nitrogen and oxygen atoms in total. The minimum absolute atomic E-state index is 0.196. The highest BCUT2D eigenvalue weighted by atomic mass is 35.5. The molecule has 0 unspecified atom stereocenters. The highest BCUT2D eigenvalue weighted by Gasteiger charge is 2.15. The average molecular weight is 447 g/mol. The van der Waals surface area contributed by atoms with E-state index in [1.54, 1.807) is 25.4 Å². The number of halogens is 1. The number of aryl methyl sites for hydroxylation is 3. The van der Waals surface area contributed by atoms with E-state index in [2.05, 4.69) is 15.4 Å². The summed E-state index contributed by atoms with van der Waals surface area (Å²) in [4.78, 5) is 16.5. The molecule has 0 atom stereocenters. The molecule has 4 aromatic rings. The standard InChI is InChI=1S/C23H19ClN6O2/c1-14-5-4-6-21(30-23(31)29(3)27-28-30)19(14)13-32-22-9-15(2)18(10-20(22)24)16-7-8-17(11-25)26-12-16/h4-10,12H,13H2,1-3H3. The van der Waals surface area contributed by atoms with Crippen LogP contribution in [0.3, 0.4) is 0 Å². The lowest BCUT2D eigenvalue weighted by Crippen LogP contribution is -2.23. The topological polar surface area (TPSA) is 98.6 Å². The van der Waals surface area contributed by atoms with Crippen molar-refractivity contribution in [3.8, 4) is 28.6 Å². The largest absolute Gasteiger partial charge is 0.487 e. The van der Waals surface area contributed by atoms with E-state index in [-0.39, 0.29) is 12.3 Å². The quantitative estimate of drug-likeness (QED) is 0.463. The molecule has 0 aliphatic rings. The Labute approximate surface area is 189 Å². The Balaban J connectivity index is 1.64. The van der Waals surface area contributed by atoms with Crippen molar-refractivity contribution < 1.29 is 4.74 Å². The summed E-state index contributed by atoms with van der Waals surface area (Å²) in [7, 11) is 1.55. The Kier molecular flexibility index (Phi) is 5.75. The van der Waals surface area contributed by atoms with Crippen LogP contribution in [-0.4, -0.2) is 24.8 Å². The minimum atomic E-state index is -0.342. The Morgan fingerprint density at radius 1 is 1.12 bits per heavy atom. The molecule has 0 fully saturated rings. The molecule has 32 heavy (non-hydrogen) atoms. The fourth-order valence-corrected chi connectivity index (χ4v) is 3.60. The summed E-state index contributed by atoms with van der Waals surface area (Å²) in [6, 6.07) is 14.8. The molecule has 0 aliphatic carbocycles. The van der Waals surface area contributed by atoms with Crippen molar-refractivity contribution in [1.82, 2.24) is 24.8 Å². The number of nitrogens with zero attached hydrogens (tertiary/aromatic N) is 6. The summed E-state index contributed by atoms with van der Waals surface area (Å²) in [6.45, 7) is 4.09. The molecule has 0 bridgehead atoms. The zero-order chi connectivity index (χ0) is 22.8. The first kappa shape index (κ1) is 21.3. The van der Waals surface area contributed by atoms with Gasteiger partial charge in [0.15, 0.2) is 0 Å². The van der Waals surface area contributed by atoms with Gasteiger partial charge in [-0.15, -0.1) is 0 Å². The second-order valence-electron chi connectivity index (χ2n) is 7.30. The molecular formula is C23H19ClN6O2. The monoisotopic (exact) mass is 446 g/mol. The van der Waals surface area contributed by atoms with Crippen molar-refractivity contribution in [1.29, 1.82) is 5.26 Å². The molecule has 0 aliphatic heterocycles. The summed E-state index contributed by atoms with van der Waals surface area (Å²) in [5, 5.41) is 17.1. The number of hydrogen-bond acceptors (Lipinski definition) is 6. The van der Waals surface area contributed by atoms with Crippen LogP contribution >= 0.6 is 11.6 Å². The molecule has 0 spiro atoms. The zero-order valence-corrected chi connectivity index (χ0v) is 18.5. The molecule has 9 heteroatoms. The van der Waals surface area contributed by atoms with Crippen LogP contribution in [0.1, 0.15) is 22.4 Å². The minimum Gasteiger partial charge on any atom is -0.487 e. The number of pyridine rings is 1. The maximum atomic E-state index is 12.3. The van der Waals surface area contributed by atoms with Crippen LogP contribution in [0, 0.1) is 25.2 Å². The van der Waals surface area contributed by atoms with Gasteiger partial charge in [-0.1, -0.05) is 23.7 Å². The van der Waals surface area contributed by atoms with E-state index in [1.807, 2.05) is 50.2 Å². The van der Waals surface area contributed by atoms with Gasteiger partial charge in [0.2, 0.25) is 0 Å². The van der Waals surface area contributed by atoms with Crippen molar-refractivity contribution >= 4 is 11.6 Å². The van der Waals surface area contributed by atoms with Gasteiger partial charge in [-0.2, -0.15) is 14.6 Å². The molecular weight excluding hydrogens is 428 g/mol. The molecule has 0 saturated carbocycles. The number of rotatable bonds is 5. The van der Waals surface area contributed by atoms with E-state index in [0.717, 1.165) is 27.8 Å². The third kappa shape index (κ3) is 3.98. The van der Waals surface area contributed by atoms with Crippen LogP contribution in [0.2, 0.25) is 5.02 Å². The Morgan fingerprint density at radius 3 is 2.59 bits per heavy atom. The molecule has 0 N–H and O–H groups in total. The second-order valence-corrected chi connectivity index (χ2v) is 7.71. The molecule has 2 aromatic heterocycles. The Hall–Kier alpha value is -3.96. The molecule has 2 aromatic carbocycles. The van der Waals surface area contributed by atoms with Crippen LogP contribution in [0.25, 0.3) is 16.8 Å². The first-order valence-electron chi connectivity index (χ1n) is 9.76. The molecule has 0 amide bonds. The lowest BCUT2D eigenvalue weighted by Gasteiger charge is -2.15. The van der Waals surface area contributed by atoms with Crippen LogP contribution in [0.15, 0.2) is 53.5 Å². The van der Waals surface area contributed by atoms with Gasteiger partial charge in [0.25, 0.3) is 0 Å². The van der Waals surface area contributed by atoms with Gasteiger partial charge >= 0.3 is 5.69 Å². The van der Waals surface area contributed by atoms with Gasteiger partial charge in [-0.05, 0) is 71.3 Å². The van der Waals surface area contributed by atoms with E-state index in [0.29, 0.717) is 22.2 Å².